The van der Waals surface area contributed by atoms with Crippen LogP contribution in [-0.2, 0) is 0 Å². The van der Waals surface area contributed by atoms with Crippen LogP contribution < -0.4 is 0 Å². The lowest BCUT2D eigenvalue weighted by molar-refractivity contribution is 0.112. The van der Waals surface area contributed by atoms with Gasteiger partial charge in [0.2, 0.25) is 0 Å². The summed E-state index contributed by atoms with van der Waals surface area (Å²) in [4.78, 5) is 10.6. The zero-order chi connectivity index (χ0) is 12.3. The van der Waals surface area contributed by atoms with E-state index in [1.807, 2.05) is 37.3 Å². The molecule has 0 amide bonds. The summed E-state index contributed by atoms with van der Waals surface area (Å²) in [6, 6.07) is 15.3. The summed E-state index contributed by atoms with van der Waals surface area (Å²) in [5.41, 5.74) is 4.42. The molecule has 0 saturated carbocycles. The van der Waals surface area contributed by atoms with Gasteiger partial charge in [0.05, 0.1) is 11.6 Å². The molecule has 0 spiro atoms. The number of nitriles is 1. The maximum atomic E-state index is 10.6. The van der Waals surface area contributed by atoms with E-state index < -0.39 is 0 Å². The number of hydrogen-bond acceptors (Lipinski definition) is 2. The van der Waals surface area contributed by atoms with Crippen molar-refractivity contribution in [2.24, 2.45) is 0 Å². The second kappa shape index (κ2) is 4.63. The van der Waals surface area contributed by atoms with E-state index in [-0.39, 0.29) is 0 Å². The Balaban J connectivity index is 2.43. The molecule has 0 unspecified atom stereocenters. The van der Waals surface area contributed by atoms with Gasteiger partial charge in [-0.1, -0.05) is 36.4 Å². The van der Waals surface area contributed by atoms with Crippen molar-refractivity contribution in [2.75, 3.05) is 0 Å². The Labute approximate surface area is 100 Å². The van der Waals surface area contributed by atoms with Crippen LogP contribution >= 0.6 is 0 Å². The number of rotatable bonds is 2. The summed E-state index contributed by atoms with van der Waals surface area (Å²) < 4.78 is 0. The summed E-state index contributed by atoms with van der Waals surface area (Å²) in [5.74, 6) is 0. The normalized spacial score (nSPS) is 9.65. The molecule has 0 bridgehead atoms. The highest BCUT2D eigenvalue weighted by Crippen LogP contribution is 2.22. The molecule has 0 aliphatic carbocycles. The first kappa shape index (κ1) is 11.1. The van der Waals surface area contributed by atoms with Crippen molar-refractivity contribution in [3.63, 3.8) is 0 Å². The van der Waals surface area contributed by atoms with E-state index in [1.165, 1.54) is 0 Å². The van der Waals surface area contributed by atoms with Crippen LogP contribution in [0.4, 0.5) is 0 Å². The molecular weight excluding hydrogens is 210 g/mol. The average Bonchev–Trinajstić information content (AvgIpc) is 2.39. The van der Waals surface area contributed by atoms with E-state index in [9.17, 15) is 4.79 Å². The fourth-order valence-electron chi connectivity index (χ4n) is 1.72. The highest BCUT2D eigenvalue weighted by molar-refractivity contribution is 5.77. The van der Waals surface area contributed by atoms with Crippen molar-refractivity contribution < 1.29 is 4.79 Å². The highest BCUT2D eigenvalue weighted by atomic mass is 16.1. The second-order valence-corrected chi connectivity index (χ2v) is 3.88. The topological polar surface area (TPSA) is 40.9 Å². The van der Waals surface area contributed by atoms with E-state index in [1.54, 1.807) is 12.1 Å². The van der Waals surface area contributed by atoms with Gasteiger partial charge in [0.15, 0.2) is 0 Å². The van der Waals surface area contributed by atoms with E-state index >= 15 is 0 Å². The van der Waals surface area contributed by atoms with Crippen LogP contribution in [0.2, 0.25) is 0 Å². The molecule has 2 rings (SSSR count). The Bertz CT molecular complexity index is 591. The molecular formula is C15H11NO. The predicted molar refractivity (Wildman–Crippen MR) is 66.7 cm³/mol. The number of benzene rings is 2. The van der Waals surface area contributed by atoms with Gasteiger partial charge in [0.1, 0.15) is 6.29 Å². The summed E-state index contributed by atoms with van der Waals surface area (Å²) >= 11 is 0. The molecule has 0 aliphatic heterocycles. The number of aldehydes is 1. The summed E-state index contributed by atoms with van der Waals surface area (Å²) in [6.07, 6.45) is 0.827. The van der Waals surface area contributed by atoms with Crippen LogP contribution in [0.25, 0.3) is 11.1 Å². The second-order valence-electron chi connectivity index (χ2n) is 3.88. The van der Waals surface area contributed by atoms with Crippen LogP contribution in [0.1, 0.15) is 21.5 Å². The Morgan fingerprint density at radius 2 is 1.71 bits per heavy atom. The van der Waals surface area contributed by atoms with Crippen LogP contribution in [0.3, 0.4) is 0 Å². The lowest BCUT2D eigenvalue weighted by atomic mass is 10.00. The van der Waals surface area contributed by atoms with Gasteiger partial charge in [-0.3, -0.25) is 4.79 Å². The standard InChI is InChI=1S/C15H11NO/c1-11-8-14(6-7-15(11)9-16)13-4-2-12(10-17)3-5-13/h2-8,10H,1H3. The Morgan fingerprint density at radius 1 is 1.06 bits per heavy atom. The van der Waals surface area contributed by atoms with Crippen molar-refractivity contribution >= 4 is 6.29 Å². The lowest BCUT2D eigenvalue weighted by Gasteiger charge is -2.04. The average molecular weight is 221 g/mol. The molecule has 17 heavy (non-hydrogen) atoms. The van der Waals surface area contributed by atoms with Gasteiger partial charge in [0, 0.05) is 5.56 Å². The first-order valence-corrected chi connectivity index (χ1v) is 5.31. The minimum Gasteiger partial charge on any atom is -0.298 e. The Hall–Kier alpha value is -2.40. The SMILES string of the molecule is Cc1cc(-c2ccc(C=O)cc2)ccc1C#N. The molecule has 0 aromatic heterocycles. The molecule has 82 valence electrons. The first-order chi connectivity index (χ1) is 8.24. The fraction of sp³-hybridized carbons (Fsp3) is 0.0667. The fourth-order valence-corrected chi connectivity index (χ4v) is 1.72. The van der Waals surface area contributed by atoms with Gasteiger partial charge in [0.25, 0.3) is 0 Å². The number of hydrogen-bond donors (Lipinski definition) is 0. The van der Waals surface area contributed by atoms with Gasteiger partial charge in [-0.2, -0.15) is 5.26 Å². The van der Waals surface area contributed by atoms with Gasteiger partial charge < -0.3 is 0 Å². The van der Waals surface area contributed by atoms with Crippen LogP contribution in [0, 0.1) is 18.3 Å². The quantitative estimate of drug-likeness (QED) is 0.730. The van der Waals surface area contributed by atoms with Crippen molar-refractivity contribution in [1.29, 1.82) is 5.26 Å². The largest absolute Gasteiger partial charge is 0.298 e. The molecule has 0 heterocycles. The smallest absolute Gasteiger partial charge is 0.150 e. The van der Waals surface area contributed by atoms with E-state index in [0.717, 1.165) is 23.0 Å². The van der Waals surface area contributed by atoms with E-state index in [0.29, 0.717) is 11.1 Å². The third-order valence-electron chi connectivity index (χ3n) is 2.73. The monoisotopic (exact) mass is 221 g/mol. The molecule has 0 aliphatic rings. The van der Waals surface area contributed by atoms with Gasteiger partial charge >= 0.3 is 0 Å². The maximum Gasteiger partial charge on any atom is 0.150 e. The number of carbonyl (C=O) groups excluding carboxylic acids is 1. The minimum absolute atomic E-state index is 0.666. The molecule has 0 radical (unpaired) electrons. The van der Waals surface area contributed by atoms with Gasteiger partial charge in [-0.15, -0.1) is 0 Å². The van der Waals surface area contributed by atoms with Crippen molar-refractivity contribution in [3.05, 3.63) is 59.2 Å². The molecule has 0 atom stereocenters. The number of aryl methyl sites for hydroxylation is 1. The van der Waals surface area contributed by atoms with Crippen molar-refractivity contribution in [3.8, 4) is 17.2 Å². The van der Waals surface area contributed by atoms with E-state index in [4.69, 9.17) is 5.26 Å². The lowest BCUT2D eigenvalue weighted by Crippen LogP contribution is -1.85. The molecule has 2 aromatic carbocycles. The van der Waals surface area contributed by atoms with Gasteiger partial charge in [-0.25, -0.2) is 0 Å². The third-order valence-corrected chi connectivity index (χ3v) is 2.73. The highest BCUT2D eigenvalue weighted by Gasteiger charge is 2.01. The van der Waals surface area contributed by atoms with Crippen molar-refractivity contribution in [2.45, 2.75) is 6.92 Å². The zero-order valence-electron chi connectivity index (χ0n) is 9.47. The third kappa shape index (κ3) is 2.24. The molecule has 0 fully saturated rings. The number of carbonyl (C=O) groups is 1. The summed E-state index contributed by atoms with van der Waals surface area (Å²) in [7, 11) is 0. The minimum atomic E-state index is 0.666. The molecule has 2 nitrogen and oxygen atoms in total. The predicted octanol–water partition coefficient (Wildman–Crippen LogP) is 3.35. The van der Waals surface area contributed by atoms with Crippen LogP contribution in [0.5, 0.6) is 0 Å². The van der Waals surface area contributed by atoms with Crippen LogP contribution in [-0.4, -0.2) is 6.29 Å². The zero-order valence-corrected chi connectivity index (χ0v) is 9.47. The molecule has 2 aromatic rings. The molecule has 2 heteroatoms. The molecule has 0 N–H and O–H groups in total. The number of nitrogens with zero attached hydrogens (tertiary/aromatic N) is 1. The van der Waals surface area contributed by atoms with E-state index in [2.05, 4.69) is 6.07 Å². The van der Waals surface area contributed by atoms with Crippen LogP contribution in [0.15, 0.2) is 42.5 Å². The van der Waals surface area contributed by atoms with Crippen molar-refractivity contribution in [1.82, 2.24) is 0 Å². The Morgan fingerprint density at radius 3 is 2.24 bits per heavy atom. The summed E-state index contributed by atoms with van der Waals surface area (Å²) in [5, 5.41) is 8.86. The maximum absolute atomic E-state index is 10.6. The summed E-state index contributed by atoms with van der Waals surface area (Å²) in [6.45, 7) is 1.92. The first-order valence-electron chi connectivity index (χ1n) is 5.31. The molecule has 0 saturated heterocycles. The Kier molecular flexibility index (Phi) is 3.02. The van der Waals surface area contributed by atoms with Gasteiger partial charge in [-0.05, 0) is 29.7 Å².